The fraction of sp³-hybridized carbons (Fsp3) is 0.294. The summed E-state index contributed by atoms with van der Waals surface area (Å²) in [4.78, 5) is 0. The van der Waals surface area contributed by atoms with Crippen LogP contribution in [-0.4, -0.2) is 6.61 Å². The van der Waals surface area contributed by atoms with Gasteiger partial charge in [0.1, 0.15) is 5.75 Å². The van der Waals surface area contributed by atoms with Gasteiger partial charge >= 0.3 is 0 Å². The molecular formula is C17H19ClN2O. The van der Waals surface area contributed by atoms with E-state index in [-0.39, 0.29) is 6.04 Å². The number of ether oxygens (including phenoxy) is 1. The highest BCUT2D eigenvalue weighted by Gasteiger charge is 2.24. The van der Waals surface area contributed by atoms with E-state index in [4.69, 9.17) is 22.2 Å². The first-order chi connectivity index (χ1) is 10.3. The van der Waals surface area contributed by atoms with Gasteiger partial charge in [0.25, 0.3) is 0 Å². The van der Waals surface area contributed by atoms with Crippen molar-refractivity contribution in [3.05, 3.63) is 64.7 Å². The molecule has 0 aliphatic carbocycles. The predicted molar refractivity (Wildman–Crippen MR) is 85.4 cm³/mol. The fourth-order valence-electron chi connectivity index (χ4n) is 2.94. The molecule has 4 heteroatoms. The average Bonchev–Trinajstić information content (AvgIpc) is 2.54. The van der Waals surface area contributed by atoms with Gasteiger partial charge in [0.05, 0.1) is 6.61 Å². The Labute approximate surface area is 130 Å². The number of hydrazine groups is 1. The lowest BCUT2D eigenvalue weighted by atomic mass is 9.86. The Morgan fingerprint density at radius 1 is 1.19 bits per heavy atom. The molecule has 3 rings (SSSR count). The minimum absolute atomic E-state index is 0.110. The van der Waals surface area contributed by atoms with Gasteiger partial charge in [-0.3, -0.25) is 11.3 Å². The van der Waals surface area contributed by atoms with Crippen LogP contribution in [0.1, 0.15) is 35.9 Å². The van der Waals surface area contributed by atoms with Gasteiger partial charge in [-0.15, -0.1) is 0 Å². The number of nitrogens with two attached hydrogens (primary N) is 1. The highest BCUT2D eigenvalue weighted by molar-refractivity contribution is 6.30. The van der Waals surface area contributed by atoms with Crippen LogP contribution in [0.2, 0.25) is 5.02 Å². The Balaban J connectivity index is 1.80. The van der Waals surface area contributed by atoms with Gasteiger partial charge in [0, 0.05) is 11.1 Å². The third-order valence-electron chi connectivity index (χ3n) is 4.08. The van der Waals surface area contributed by atoms with Gasteiger partial charge in [0.2, 0.25) is 0 Å². The zero-order valence-electron chi connectivity index (χ0n) is 11.8. The molecule has 1 heterocycles. The maximum absolute atomic E-state index is 5.95. The molecule has 0 radical (unpaired) electrons. The van der Waals surface area contributed by atoms with E-state index in [1.165, 1.54) is 5.56 Å². The molecule has 0 bridgehead atoms. The van der Waals surface area contributed by atoms with Gasteiger partial charge in [-0.2, -0.15) is 0 Å². The summed E-state index contributed by atoms with van der Waals surface area (Å²) in [6, 6.07) is 16.2. The molecule has 2 unspecified atom stereocenters. The van der Waals surface area contributed by atoms with Crippen LogP contribution in [0.25, 0.3) is 0 Å². The second-order valence-electron chi connectivity index (χ2n) is 5.38. The summed E-state index contributed by atoms with van der Waals surface area (Å²) in [6.07, 6.45) is 1.96. The number of para-hydroxylation sites is 1. The number of rotatable bonds is 4. The van der Waals surface area contributed by atoms with Crippen molar-refractivity contribution in [2.75, 3.05) is 6.61 Å². The number of fused-ring (bicyclic) bond motifs is 1. The third kappa shape index (κ3) is 3.21. The Kier molecular flexibility index (Phi) is 4.44. The molecule has 110 valence electrons. The molecule has 0 spiro atoms. The van der Waals surface area contributed by atoms with E-state index in [2.05, 4.69) is 17.6 Å². The SMILES string of the molecule is NNC(CC1CCOc2ccccc21)c1ccc(Cl)cc1. The number of nitrogens with one attached hydrogen (secondary N) is 1. The van der Waals surface area contributed by atoms with Crippen LogP contribution in [0.5, 0.6) is 5.75 Å². The minimum atomic E-state index is 0.110. The van der Waals surface area contributed by atoms with Crippen molar-refractivity contribution < 1.29 is 4.74 Å². The van der Waals surface area contributed by atoms with E-state index in [9.17, 15) is 0 Å². The highest BCUT2D eigenvalue weighted by Crippen LogP contribution is 2.38. The first-order valence-corrected chi connectivity index (χ1v) is 7.59. The predicted octanol–water partition coefficient (Wildman–Crippen LogP) is 3.80. The lowest BCUT2D eigenvalue weighted by molar-refractivity contribution is 0.255. The number of benzene rings is 2. The summed E-state index contributed by atoms with van der Waals surface area (Å²) in [7, 11) is 0. The minimum Gasteiger partial charge on any atom is -0.493 e. The van der Waals surface area contributed by atoms with Gasteiger partial charge in [0.15, 0.2) is 0 Å². The van der Waals surface area contributed by atoms with Crippen molar-refractivity contribution in [2.45, 2.75) is 24.8 Å². The molecule has 2 atom stereocenters. The molecule has 0 aromatic heterocycles. The third-order valence-corrected chi connectivity index (χ3v) is 4.33. The van der Waals surface area contributed by atoms with Crippen LogP contribution in [-0.2, 0) is 0 Å². The van der Waals surface area contributed by atoms with Crippen molar-refractivity contribution >= 4 is 11.6 Å². The molecule has 0 saturated heterocycles. The normalized spacial score (nSPS) is 18.7. The van der Waals surface area contributed by atoms with Crippen molar-refractivity contribution in [1.82, 2.24) is 5.43 Å². The number of halogens is 1. The topological polar surface area (TPSA) is 47.3 Å². The second-order valence-corrected chi connectivity index (χ2v) is 5.81. The van der Waals surface area contributed by atoms with Gasteiger partial charge < -0.3 is 4.74 Å². The van der Waals surface area contributed by atoms with E-state index in [1.54, 1.807) is 0 Å². The molecule has 0 saturated carbocycles. The Hall–Kier alpha value is -1.55. The molecule has 21 heavy (non-hydrogen) atoms. The number of hydrogen-bond donors (Lipinski definition) is 2. The molecule has 3 nitrogen and oxygen atoms in total. The molecule has 0 fully saturated rings. The van der Waals surface area contributed by atoms with Crippen LogP contribution in [0.15, 0.2) is 48.5 Å². The van der Waals surface area contributed by atoms with Crippen LogP contribution >= 0.6 is 11.6 Å². The van der Waals surface area contributed by atoms with E-state index in [0.29, 0.717) is 5.92 Å². The van der Waals surface area contributed by atoms with Crippen molar-refractivity contribution in [3.8, 4) is 5.75 Å². The van der Waals surface area contributed by atoms with E-state index in [1.807, 2.05) is 36.4 Å². The van der Waals surface area contributed by atoms with Crippen molar-refractivity contribution in [1.29, 1.82) is 0 Å². The van der Waals surface area contributed by atoms with Gasteiger partial charge in [-0.1, -0.05) is 41.9 Å². The summed E-state index contributed by atoms with van der Waals surface area (Å²) in [5, 5.41) is 0.742. The average molecular weight is 303 g/mol. The lowest BCUT2D eigenvalue weighted by Crippen LogP contribution is -2.30. The first kappa shape index (κ1) is 14.4. The molecule has 0 amide bonds. The largest absolute Gasteiger partial charge is 0.493 e. The van der Waals surface area contributed by atoms with Crippen molar-refractivity contribution in [3.63, 3.8) is 0 Å². The molecule has 2 aromatic rings. The zero-order chi connectivity index (χ0) is 14.7. The van der Waals surface area contributed by atoms with E-state index >= 15 is 0 Å². The monoisotopic (exact) mass is 302 g/mol. The van der Waals surface area contributed by atoms with E-state index < -0.39 is 0 Å². The van der Waals surface area contributed by atoms with E-state index in [0.717, 1.165) is 35.8 Å². The van der Waals surface area contributed by atoms with Gasteiger partial charge in [-0.25, -0.2) is 0 Å². The molecule has 2 aromatic carbocycles. The van der Waals surface area contributed by atoms with Gasteiger partial charge in [-0.05, 0) is 48.1 Å². The van der Waals surface area contributed by atoms with Crippen LogP contribution in [0.4, 0.5) is 0 Å². The van der Waals surface area contributed by atoms with Crippen LogP contribution in [0.3, 0.4) is 0 Å². The lowest BCUT2D eigenvalue weighted by Gasteiger charge is -2.29. The Morgan fingerprint density at radius 2 is 1.95 bits per heavy atom. The Bertz CT molecular complexity index is 600. The fourth-order valence-corrected chi connectivity index (χ4v) is 3.07. The summed E-state index contributed by atoms with van der Waals surface area (Å²) < 4.78 is 5.72. The molecule has 3 N–H and O–H groups in total. The molecule has 1 aliphatic rings. The first-order valence-electron chi connectivity index (χ1n) is 7.21. The maximum Gasteiger partial charge on any atom is 0.122 e. The summed E-state index contributed by atoms with van der Waals surface area (Å²) >= 11 is 5.95. The maximum atomic E-state index is 5.95. The quantitative estimate of drug-likeness (QED) is 0.667. The Morgan fingerprint density at radius 3 is 2.71 bits per heavy atom. The van der Waals surface area contributed by atoms with Crippen LogP contribution in [0, 0.1) is 0 Å². The zero-order valence-corrected chi connectivity index (χ0v) is 12.5. The molecular weight excluding hydrogens is 284 g/mol. The summed E-state index contributed by atoms with van der Waals surface area (Å²) in [5.74, 6) is 7.22. The highest BCUT2D eigenvalue weighted by atomic mass is 35.5. The molecule has 1 aliphatic heterocycles. The standard InChI is InChI=1S/C17H19ClN2O/c18-14-7-5-12(6-8-14)16(20-19)11-13-9-10-21-17-4-2-1-3-15(13)17/h1-8,13,16,20H,9-11,19H2. The van der Waals surface area contributed by atoms with Crippen LogP contribution < -0.4 is 16.0 Å². The number of hydrogen-bond acceptors (Lipinski definition) is 3. The summed E-state index contributed by atoms with van der Waals surface area (Å²) in [6.45, 7) is 0.763. The summed E-state index contributed by atoms with van der Waals surface area (Å²) in [5.41, 5.74) is 5.37. The second kappa shape index (κ2) is 6.48. The van der Waals surface area contributed by atoms with Crippen molar-refractivity contribution in [2.24, 2.45) is 5.84 Å². The smallest absolute Gasteiger partial charge is 0.122 e.